The third-order valence-corrected chi connectivity index (χ3v) is 5.16. The van der Waals surface area contributed by atoms with E-state index in [9.17, 15) is 14.9 Å². The van der Waals surface area contributed by atoms with Gasteiger partial charge in [0.15, 0.2) is 0 Å². The minimum atomic E-state index is -0.409. The maximum Gasteiger partial charge on any atom is 0.276 e. The monoisotopic (exact) mass is 328 g/mol. The van der Waals surface area contributed by atoms with E-state index in [0.717, 1.165) is 35.9 Å². The van der Waals surface area contributed by atoms with Crippen molar-refractivity contribution in [1.82, 2.24) is 9.78 Å². The summed E-state index contributed by atoms with van der Waals surface area (Å²) in [5, 5.41) is 16.8. The Morgan fingerprint density at radius 1 is 1.35 bits per heavy atom. The number of nitriles is 1. The highest BCUT2D eigenvalue weighted by Crippen LogP contribution is 2.37. The number of hydrogen-bond acceptors (Lipinski definition) is 5. The highest BCUT2D eigenvalue weighted by molar-refractivity contribution is 7.16. The van der Waals surface area contributed by atoms with Crippen LogP contribution >= 0.6 is 11.3 Å². The lowest BCUT2D eigenvalue weighted by molar-refractivity contribution is 0.102. The predicted octanol–water partition coefficient (Wildman–Crippen LogP) is 2.23. The minimum Gasteiger partial charge on any atom is -0.311 e. The summed E-state index contributed by atoms with van der Waals surface area (Å²) in [7, 11) is 1.49. The first kappa shape index (κ1) is 15.4. The van der Waals surface area contributed by atoms with Crippen molar-refractivity contribution < 1.29 is 4.79 Å². The predicted molar refractivity (Wildman–Crippen MR) is 87.7 cm³/mol. The largest absolute Gasteiger partial charge is 0.311 e. The molecule has 2 aromatic heterocycles. The van der Waals surface area contributed by atoms with Gasteiger partial charge >= 0.3 is 0 Å². The standard InChI is InChI=1S/C16H16N4O2S/c1-20-14(21)8-7-12(19-20)15(22)18-16-11(9-17)10-5-3-2-4-6-13(10)23-16/h7-8H,2-6H2,1H3,(H,18,22). The molecule has 7 heteroatoms. The van der Waals surface area contributed by atoms with E-state index in [1.807, 2.05) is 0 Å². The van der Waals surface area contributed by atoms with Crippen LogP contribution in [0.5, 0.6) is 0 Å². The van der Waals surface area contributed by atoms with Crippen LogP contribution in [0.25, 0.3) is 0 Å². The van der Waals surface area contributed by atoms with E-state index < -0.39 is 5.91 Å². The lowest BCUT2D eigenvalue weighted by Gasteiger charge is -2.04. The van der Waals surface area contributed by atoms with Crippen molar-refractivity contribution >= 4 is 22.2 Å². The fourth-order valence-electron chi connectivity index (χ4n) is 2.74. The molecule has 1 aliphatic rings. The summed E-state index contributed by atoms with van der Waals surface area (Å²) in [5.41, 5.74) is 1.53. The highest BCUT2D eigenvalue weighted by atomic mass is 32.1. The van der Waals surface area contributed by atoms with Crippen LogP contribution in [0.2, 0.25) is 0 Å². The zero-order valence-electron chi connectivity index (χ0n) is 12.8. The number of thiophene rings is 1. The molecule has 2 aromatic rings. The Hall–Kier alpha value is -2.46. The summed E-state index contributed by atoms with van der Waals surface area (Å²) in [5.74, 6) is -0.409. The van der Waals surface area contributed by atoms with E-state index in [1.165, 1.54) is 41.8 Å². The van der Waals surface area contributed by atoms with Crippen molar-refractivity contribution in [3.05, 3.63) is 44.2 Å². The minimum absolute atomic E-state index is 0.152. The van der Waals surface area contributed by atoms with Crippen LogP contribution in [-0.2, 0) is 19.9 Å². The first-order valence-corrected chi connectivity index (χ1v) is 8.32. The molecule has 118 valence electrons. The molecule has 0 aliphatic heterocycles. The summed E-state index contributed by atoms with van der Waals surface area (Å²) in [6.07, 6.45) is 5.23. The molecule has 2 heterocycles. The number of nitrogens with zero attached hydrogens (tertiary/aromatic N) is 3. The fourth-order valence-corrected chi connectivity index (χ4v) is 3.97. The average molecular weight is 328 g/mol. The van der Waals surface area contributed by atoms with Gasteiger partial charge < -0.3 is 5.32 Å². The molecular formula is C16H16N4O2S. The molecule has 0 radical (unpaired) electrons. The highest BCUT2D eigenvalue weighted by Gasteiger charge is 2.21. The van der Waals surface area contributed by atoms with E-state index in [4.69, 9.17) is 0 Å². The molecule has 0 bridgehead atoms. The van der Waals surface area contributed by atoms with Gasteiger partial charge in [-0.25, -0.2) is 4.68 Å². The molecular weight excluding hydrogens is 312 g/mol. The van der Waals surface area contributed by atoms with E-state index in [2.05, 4.69) is 16.5 Å². The third kappa shape index (κ3) is 3.03. The second-order valence-corrected chi connectivity index (χ2v) is 6.62. The number of aromatic nitrogens is 2. The van der Waals surface area contributed by atoms with Gasteiger partial charge in [0, 0.05) is 18.0 Å². The zero-order chi connectivity index (χ0) is 16.4. The Morgan fingerprint density at radius 3 is 2.87 bits per heavy atom. The molecule has 0 spiro atoms. The first-order valence-electron chi connectivity index (χ1n) is 7.50. The van der Waals surface area contributed by atoms with E-state index >= 15 is 0 Å². The normalized spacial score (nSPS) is 13.7. The SMILES string of the molecule is Cn1nc(C(=O)Nc2sc3c(c2C#N)CCCCC3)ccc1=O. The Kier molecular flexibility index (Phi) is 4.26. The fraction of sp³-hybridized carbons (Fsp3) is 0.375. The molecule has 1 aliphatic carbocycles. The molecule has 0 saturated heterocycles. The smallest absolute Gasteiger partial charge is 0.276 e. The first-order chi connectivity index (χ1) is 11.1. The number of aryl methyl sites for hydroxylation is 2. The lowest BCUT2D eigenvalue weighted by Crippen LogP contribution is -2.23. The molecule has 0 aromatic carbocycles. The topological polar surface area (TPSA) is 87.8 Å². The summed E-state index contributed by atoms with van der Waals surface area (Å²) in [6.45, 7) is 0. The van der Waals surface area contributed by atoms with Gasteiger partial charge in [-0.15, -0.1) is 11.3 Å². The van der Waals surface area contributed by atoms with Crippen LogP contribution in [0.1, 0.15) is 45.8 Å². The maximum absolute atomic E-state index is 12.3. The number of nitrogens with one attached hydrogen (secondary N) is 1. The quantitative estimate of drug-likeness (QED) is 0.856. The Balaban J connectivity index is 1.90. The maximum atomic E-state index is 12.3. The number of anilines is 1. The molecule has 0 fully saturated rings. The van der Waals surface area contributed by atoms with Gasteiger partial charge in [-0.2, -0.15) is 10.4 Å². The van der Waals surface area contributed by atoms with Gasteiger partial charge in [0.1, 0.15) is 16.8 Å². The summed E-state index contributed by atoms with van der Waals surface area (Å²) < 4.78 is 1.11. The third-order valence-electron chi connectivity index (χ3n) is 3.95. The number of rotatable bonds is 2. The Morgan fingerprint density at radius 2 is 2.13 bits per heavy atom. The van der Waals surface area contributed by atoms with Crippen molar-refractivity contribution in [3.63, 3.8) is 0 Å². The second-order valence-electron chi connectivity index (χ2n) is 5.51. The van der Waals surface area contributed by atoms with Crippen LogP contribution in [0.3, 0.4) is 0 Å². The van der Waals surface area contributed by atoms with Gasteiger partial charge in [-0.3, -0.25) is 9.59 Å². The van der Waals surface area contributed by atoms with Gasteiger partial charge in [0.05, 0.1) is 5.56 Å². The van der Waals surface area contributed by atoms with Crippen LogP contribution in [0.4, 0.5) is 5.00 Å². The van der Waals surface area contributed by atoms with Crippen molar-refractivity contribution in [2.75, 3.05) is 5.32 Å². The van der Waals surface area contributed by atoms with Crippen molar-refractivity contribution in [3.8, 4) is 6.07 Å². The average Bonchev–Trinajstić information content (AvgIpc) is 2.69. The van der Waals surface area contributed by atoms with E-state index in [0.29, 0.717) is 10.6 Å². The molecule has 1 amide bonds. The lowest BCUT2D eigenvalue weighted by atomic mass is 10.1. The molecule has 0 atom stereocenters. The summed E-state index contributed by atoms with van der Waals surface area (Å²) in [4.78, 5) is 24.9. The molecule has 23 heavy (non-hydrogen) atoms. The number of carbonyl (C=O) groups is 1. The van der Waals surface area contributed by atoms with Gasteiger partial charge in [-0.05, 0) is 37.3 Å². The molecule has 0 saturated carbocycles. The molecule has 6 nitrogen and oxygen atoms in total. The van der Waals surface area contributed by atoms with Gasteiger partial charge in [0.25, 0.3) is 11.5 Å². The number of carbonyl (C=O) groups excluding carboxylic acids is 1. The van der Waals surface area contributed by atoms with E-state index in [-0.39, 0.29) is 11.3 Å². The van der Waals surface area contributed by atoms with Crippen LogP contribution in [0, 0.1) is 11.3 Å². The Bertz CT molecular complexity index is 860. The van der Waals surface area contributed by atoms with Crippen molar-refractivity contribution in [2.24, 2.45) is 7.05 Å². The number of fused-ring (bicyclic) bond motifs is 1. The molecule has 3 rings (SSSR count). The van der Waals surface area contributed by atoms with Crippen molar-refractivity contribution in [2.45, 2.75) is 32.1 Å². The van der Waals surface area contributed by atoms with Crippen LogP contribution in [-0.4, -0.2) is 15.7 Å². The summed E-state index contributed by atoms with van der Waals surface area (Å²) in [6, 6.07) is 4.92. The molecule has 1 N–H and O–H groups in total. The number of amides is 1. The summed E-state index contributed by atoms with van der Waals surface area (Å²) >= 11 is 1.48. The molecule has 0 unspecified atom stereocenters. The number of hydrogen-bond donors (Lipinski definition) is 1. The van der Waals surface area contributed by atoms with E-state index in [1.54, 1.807) is 0 Å². The second kappa shape index (κ2) is 6.34. The van der Waals surface area contributed by atoms with Gasteiger partial charge in [-0.1, -0.05) is 6.42 Å². The Labute approximate surface area is 137 Å². The van der Waals surface area contributed by atoms with Crippen molar-refractivity contribution in [1.29, 1.82) is 5.26 Å². The van der Waals surface area contributed by atoms with Crippen LogP contribution < -0.4 is 10.9 Å². The van der Waals surface area contributed by atoms with Gasteiger partial charge in [0.2, 0.25) is 0 Å². The van der Waals surface area contributed by atoms with Crippen LogP contribution in [0.15, 0.2) is 16.9 Å². The zero-order valence-corrected chi connectivity index (χ0v) is 13.6.